The minimum atomic E-state index is -0.191. The number of hydrogen-bond donors (Lipinski definition) is 2. The molecule has 2 aromatic rings. The number of carbonyl (C=O) groups excluding carboxylic acids is 1. The van der Waals surface area contributed by atoms with Crippen LogP contribution in [0.5, 0.6) is 0 Å². The lowest BCUT2D eigenvalue weighted by Crippen LogP contribution is -2.44. The van der Waals surface area contributed by atoms with Crippen LogP contribution in [0, 0.1) is 0 Å². The van der Waals surface area contributed by atoms with Crippen LogP contribution in [-0.2, 0) is 4.79 Å². The standard InChI is InChI=1S/C23H30N2O/c1-18(24-20-14-8-3-2-4-9-15-20)23(26)25-22-17-11-10-16-21(22)19-12-6-5-7-13-19/h5-7,10-13,16-18,20,24H,2-4,8-9,14-15H2,1H3,(H,25,26)/t18-/m1/s1. The van der Waals surface area contributed by atoms with E-state index < -0.39 is 0 Å². The molecule has 3 nitrogen and oxygen atoms in total. The van der Waals surface area contributed by atoms with Crippen molar-refractivity contribution in [3.05, 3.63) is 54.6 Å². The zero-order valence-corrected chi connectivity index (χ0v) is 15.7. The van der Waals surface area contributed by atoms with E-state index in [1.807, 2.05) is 43.3 Å². The summed E-state index contributed by atoms with van der Waals surface area (Å²) in [6.45, 7) is 1.97. The summed E-state index contributed by atoms with van der Waals surface area (Å²) in [4.78, 5) is 12.7. The molecule has 138 valence electrons. The van der Waals surface area contributed by atoms with Crippen LogP contribution in [0.1, 0.15) is 51.9 Å². The average molecular weight is 351 g/mol. The minimum Gasteiger partial charge on any atom is -0.324 e. The second-order valence-corrected chi connectivity index (χ2v) is 7.33. The summed E-state index contributed by atoms with van der Waals surface area (Å²) >= 11 is 0. The number of nitrogens with one attached hydrogen (secondary N) is 2. The molecule has 0 heterocycles. The number of para-hydroxylation sites is 1. The van der Waals surface area contributed by atoms with Gasteiger partial charge in [-0.3, -0.25) is 4.79 Å². The molecule has 0 saturated heterocycles. The van der Waals surface area contributed by atoms with Gasteiger partial charge in [-0.05, 0) is 31.4 Å². The number of amides is 1. The average Bonchev–Trinajstić information content (AvgIpc) is 2.65. The fourth-order valence-corrected chi connectivity index (χ4v) is 3.75. The van der Waals surface area contributed by atoms with Gasteiger partial charge in [-0.1, -0.05) is 80.6 Å². The lowest BCUT2D eigenvalue weighted by molar-refractivity contribution is -0.118. The maximum atomic E-state index is 12.7. The van der Waals surface area contributed by atoms with Gasteiger partial charge in [0.05, 0.1) is 6.04 Å². The Morgan fingerprint density at radius 3 is 2.23 bits per heavy atom. The lowest BCUT2D eigenvalue weighted by Gasteiger charge is -2.25. The molecular formula is C23H30N2O. The molecule has 0 bridgehead atoms. The van der Waals surface area contributed by atoms with Gasteiger partial charge in [0.2, 0.25) is 5.91 Å². The summed E-state index contributed by atoms with van der Waals surface area (Å²) in [7, 11) is 0. The maximum Gasteiger partial charge on any atom is 0.241 e. The number of anilines is 1. The first-order valence-electron chi connectivity index (χ1n) is 9.95. The van der Waals surface area contributed by atoms with Gasteiger partial charge in [0, 0.05) is 17.3 Å². The van der Waals surface area contributed by atoms with Crippen LogP contribution in [0.25, 0.3) is 11.1 Å². The summed E-state index contributed by atoms with van der Waals surface area (Å²) in [5, 5.41) is 6.68. The van der Waals surface area contributed by atoms with Gasteiger partial charge < -0.3 is 10.6 Å². The Bertz CT molecular complexity index is 690. The summed E-state index contributed by atoms with van der Waals surface area (Å²) in [6.07, 6.45) is 8.90. The Hall–Kier alpha value is -2.13. The highest BCUT2D eigenvalue weighted by atomic mass is 16.2. The van der Waals surface area contributed by atoms with Crippen LogP contribution >= 0.6 is 0 Å². The molecule has 1 amide bonds. The fraction of sp³-hybridized carbons (Fsp3) is 0.435. The maximum absolute atomic E-state index is 12.7. The highest BCUT2D eigenvalue weighted by molar-refractivity contribution is 5.98. The zero-order valence-electron chi connectivity index (χ0n) is 15.7. The molecule has 26 heavy (non-hydrogen) atoms. The van der Waals surface area contributed by atoms with Crippen LogP contribution in [-0.4, -0.2) is 18.0 Å². The third kappa shape index (κ3) is 5.18. The Morgan fingerprint density at radius 1 is 0.885 bits per heavy atom. The third-order valence-corrected chi connectivity index (χ3v) is 5.25. The van der Waals surface area contributed by atoms with Crippen LogP contribution in [0.2, 0.25) is 0 Å². The van der Waals surface area contributed by atoms with Crippen molar-refractivity contribution in [2.75, 3.05) is 5.32 Å². The first-order valence-corrected chi connectivity index (χ1v) is 9.95. The largest absolute Gasteiger partial charge is 0.324 e. The van der Waals surface area contributed by atoms with E-state index in [2.05, 4.69) is 28.8 Å². The van der Waals surface area contributed by atoms with Gasteiger partial charge in [-0.25, -0.2) is 0 Å². The lowest BCUT2D eigenvalue weighted by atomic mass is 9.96. The zero-order chi connectivity index (χ0) is 18.2. The molecule has 3 rings (SSSR count). The number of rotatable bonds is 5. The van der Waals surface area contributed by atoms with Crippen LogP contribution in [0.3, 0.4) is 0 Å². The number of hydrogen-bond acceptors (Lipinski definition) is 2. The van der Waals surface area contributed by atoms with E-state index in [9.17, 15) is 4.79 Å². The molecule has 0 unspecified atom stereocenters. The van der Waals surface area contributed by atoms with Crippen molar-refractivity contribution in [1.82, 2.24) is 5.32 Å². The predicted octanol–water partition coefficient (Wildman–Crippen LogP) is 5.38. The van der Waals surface area contributed by atoms with Crippen molar-refractivity contribution in [2.24, 2.45) is 0 Å². The Labute approximate surface area is 157 Å². The summed E-state index contributed by atoms with van der Waals surface area (Å²) < 4.78 is 0. The molecule has 0 radical (unpaired) electrons. The van der Waals surface area contributed by atoms with Gasteiger partial charge in [0.1, 0.15) is 0 Å². The van der Waals surface area contributed by atoms with Gasteiger partial charge in [0.15, 0.2) is 0 Å². The SMILES string of the molecule is C[C@@H](NC1CCCCCCC1)C(=O)Nc1ccccc1-c1ccccc1. The van der Waals surface area contributed by atoms with Crippen molar-refractivity contribution in [1.29, 1.82) is 0 Å². The van der Waals surface area contributed by atoms with Crippen molar-refractivity contribution >= 4 is 11.6 Å². The van der Waals surface area contributed by atoms with Gasteiger partial charge in [0.25, 0.3) is 0 Å². The molecule has 1 atom stereocenters. The van der Waals surface area contributed by atoms with E-state index in [0.29, 0.717) is 6.04 Å². The van der Waals surface area contributed by atoms with Crippen molar-refractivity contribution in [3.8, 4) is 11.1 Å². The molecule has 1 aliphatic rings. The normalized spacial score (nSPS) is 17.1. The van der Waals surface area contributed by atoms with E-state index in [1.165, 1.54) is 44.9 Å². The highest BCUT2D eigenvalue weighted by Crippen LogP contribution is 2.27. The molecule has 2 aromatic carbocycles. The number of carbonyl (C=O) groups is 1. The Morgan fingerprint density at radius 2 is 1.50 bits per heavy atom. The second kappa shape index (κ2) is 9.54. The Balaban J connectivity index is 1.64. The molecular weight excluding hydrogens is 320 g/mol. The van der Waals surface area contributed by atoms with E-state index in [0.717, 1.165) is 16.8 Å². The van der Waals surface area contributed by atoms with E-state index in [4.69, 9.17) is 0 Å². The molecule has 2 N–H and O–H groups in total. The molecule has 0 aromatic heterocycles. The summed E-state index contributed by atoms with van der Waals surface area (Å²) in [5.41, 5.74) is 3.04. The predicted molar refractivity (Wildman–Crippen MR) is 109 cm³/mol. The highest BCUT2D eigenvalue weighted by Gasteiger charge is 2.19. The quantitative estimate of drug-likeness (QED) is 0.760. The monoisotopic (exact) mass is 350 g/mol. The van der Waals surface area contributed by atoms with Crippen molar-refractivity contribution in [2.45, 2.75) is 64.0 Å². The molecule has 1 saturated carbocycles. The summed E-state index contributed by atoms with van der Waals surface area (Å²) in [6, 6.07) is 18.5. The van der Waals surface area contributed by atoms with Crippen LogP contribution in [0.4, 0.5) is 5.69 Å². The first-order chi connectivity index (χ1) is 12.7. The van der Waals surface area contributed by atoms with Crippen LogP contribution < -0.4 is 10.6 Å². The number of benzene rings is 2. The van der Waals surface area contributed by atoms with Crippen LogP contribution in [0.15, 0.2) is 54.6 Å². The van der Waals surface area contributed by atoms with Crippen molar-refractivity contribution in [3.63, 3.8) is 0 Å². The minimum absolute atomic E-state index is 0.0374. The van der Waals surface area contributed by atoms with E-state index in [1.54, 1.807) is 0 Å². The topological polar surface area (TPSA) is 41.1 Å². The van der Waals surface area contributed by atoms with Gasteiger partial charge in [-0.2, -0.15) is 0 Å². The van der Waals surface area contributed by atoms with E-state index in [-0.39, 0.29) is 11.9 Å². The second-order valence-electron chi connectivity index (χ2n) is 7.33. The van der Waals surface area contributed by atoms with E-state index >= 15 is 0 Å². The smallest absolute Gasteiger partial charge is 0.241 e. The summed E-state index contributed by atoms with van der Waals surface area (Å²) in [5.74, 6) is 0.0374. The van der Waals surface area contributed by atoms with Crippen molar-refractivity contribution < 1.29 is 4.79 Å². The first kappa shape index (κ1) is 18.7. The third-order valence-electron chi connectivity index (χ3n) is 5.25. The molecule has 1 aliphatic carbocycles. The Kier molecular flexibility index (Phi) is 6.84. The molecule has 3 heteroatoms. The van der Waals surface area contributed by atoms with Gasteiger partial charge >= 0.3 is 0 Å². The molecule has 1 fully saturated rings. The fourth-order valence-electron chi connectivity index (χ4n) is 3.75. The molecule has 0 spiro atoms. The molecule has 0 aliphatic heterocycles. The van der Waals surface area contributed by atoms with Gasteiger partial charge in [-0.15, -0.1) is 0 Å².